The Morgan fingerprint density at radius 1 is 0.982 bits per heavy atom. The summed E-state index contributed by atoms with van der Waals surface area (Å²) in [6.07, 6.45) is 0.175. The lowest BCUT2D eigenvalue weighted by atomic mass is 9.99. The predicted octanol–water partition coefficient (Wildman–Crippen LogP) is 7.07. The number of aromatic nitrogens is 2. The first-order valence-corrected chi connectivity index (χ1v) is 18.0. The number of hydrogen-bond acceptors (Lipinski definition) is 10. The molecule has 2 aliphatic heterocycles. The number of amides is 1. The zero-order valence-corrected chi connectivity index (χ0v) is 32.0. The molecule has 0 spiro atoms. The first-order valence-electron chi connectivity index (χ1n) is 17.6. The summed E-state index contributed by atoms with van der Waals surface area (Å²) >= 11 is 7.10. The summed E-state index contributed by atoms with van der Waals surface area (Å²) in [4.78, 5) is 29.9. The van der Waals surface area contributed by atoms with Gasteiger partial charge in [-0.1, -0.05) is 35.9 Å². The van der Waals surface area contributed by atoms with Crippen LogP contribution in [-0.2, 0) is 25.8 Å². The first kappa shape index (κ1) is 38.8. The number of methoxy groups -OCH3 is 2. The smallest absolute Gasteiger partial charge is 0.418 e. The topological polar surface area (TPSA) is 125 Å². The largest absolute Gasteiger partial charge is 0.497 e. The second-order valence-electron chi connectivity index (χ2n) is 13.3. The normalized spacial score (nSPS) is 13.1. The van der Waals surface area contributed by atoms with Crippen LogP contribution in [-0.4, -0.2) is 54.0 Å². The molecule has 0 saturated carbocycles. The van der Waals surface area contributed by atoms with Crippen LogP contribution >= 0.6 is 11.6 Å². The van der Waals surface area contributed by atoms with Gasteiger partial charge in [0.05, 0.1) is 59.5 Å². The van der Waals surface area contributed by atoms with Crippen LogP contribution in [0.25, 0.3) is 17.1 Å². The molecular weight excluding hydrogens is 763 g/mol. The number of carboxylic acid groups (broad SMARTS) is 1. The lowest BCUT2D eigenvalue weighted by Crippen LogP contribution is -2.44. The Kier molecular flexibility index (Phi) is 10.8. The van der Waals surface area contributed by atoms with Gasteiger partial charge in [0.1, 0.15) is 41.8 Å². The zero-order valence-electron chi connectivity index (χ0n) is 31.3. The van der Waals surface area contributed by atoms with E-state index in [0.29, 0.717) is 52.7 Å². The molecule has 2 aromatic heterocycles. The van der Waals surface area contributed by atoms with Gasteiger partial charge in [-0.3, -0.25) is 14.9 Å². The number of hydrogen-bond donors (Lipinski definition) is 2. The molecule has 0 saturated heterocycles. The fraction of sp³-hybridized carbons (Fsp3) is 0.220. The van der Waals surface area contributed by atoms with E-state index in [1.54, 1.807) is 32.7 Å². The fourth-order valence-electron chi connectivity index (χ4n) is 6.72. The van der Waals surface area contributed by atoms with Crippen molar-refractivity contribution in [1.29, 1.82) is 0 Å². The third kappa shape index (κ3) is 8.10. The van der Waals surface area contributed by atoms with Gasteiger partial charge in [-0.15, -0.1) is 0 Å². The SMILES string of the molecule is COc1ccc(CN(Cc2ccc(OC)cc2)c2cc(C)c(C(F)(F)F)c(-c3cc4c5c(c3Cl)=NCNC=5N(Cc3cncc(N(C)C(=O)O)c3)C=CO4)n2)cc1. The standard InChI is InChI=1S/C41H37ClF3N7O5/c1-24-15-33(52(20-25-5-9-29(55-3)10-6-25)21-26-7-11-30(56-4)12-8-26)49-37(35(24)41(43,44)45)31-17-32-34-38(36(31)42)47-23-48-39(34)51(13-14-57-32)22-27-16-28(19-46-18-27)50(2)40(53)54/h5-19,48H,20-23H2,1-4H3,(H,53,54). The van der Waals surface area contributed by atoms with Crippen molar-refractivity contribution >= 4 is 35.0 Å². The fourth-order valence-corrected chi connectivity index (χ4v) is 7.01. The number of carbonyl (C=O) groups is 1. The molecule has 16 heteroatoms. The molecule has 0 fully saturated rings. The molecule has 5 aromatic rings. The highest BCUT2D eigenvalue weighted by Crippen LogP contribution is 2.42. The number of halogens is 4. The summed E-state index contributed by atoms with van der Waals surface area (Å²) in [5.41, 5.74) is 1.46. The Hall–Kier alpha value is -6.48. The van der Waals surface area contributed by atoms with E-state index in [1.807, 2.05) is 58.3 Å². The van der Waals surface area contributed by atoms with E-state index >= 15 is 13.2 Å². The van der Waals surface area contributed by atoms with E-state index in [4.69, 9.17) is 30.8 Å². The zero-order chi connectivity index (χ0) is 40.4. The summed E-state index contributed by atoms with van der Waals surface area (Å²) in [6.45, 7) is 2.32. The molecule has 12 nitrogen and oxygen atoms in total. The Bertz CT molecular complexity index is 2430. The minimum atomic E-state index is -4.79. The summed E-state index contributed by atoms with van der Waals surface area (Å²) in [7, 11) is 4.57. The molecule has 1 amide bonds. The van der Waals surface area contributed by atoms with Crippen molar-refractivity contribution in [2.45, 2.75) is 32.7 Å². The van der Waals surface area contributed by atoms with E-state index in [2.05, 4.69) is 15.3 Å². The predicted molar refractivity (Wildman–Crippen MR) is 208 cm³/mol. The molecule has 7 rings (SSSR count). The van der Waals surface area contributed by atoms with Crippen LogP contribution in [0.2, 0.25) is 5.02 Å². The van der Waals surface area contributed by atoms with E-state index in [9.17, 15) is 9.90 Å². The summed E-state index contributed by atoms with van der Waals surface area (Å²) in [5, 5.41) is 13.3. The van der Waals surface area contributed by atoms with Gasteiger partial charge in [-0.2, -0.15) is 13.2 Å². The second-order valence-corrected chi connectivity index (χ2v) is 13.7. The van der Waals surface area contributed by atoms with Gasteiger partial charge in [-0.25, -0.2) is 9.78 Å². The number of nitrogens with zero attached hydrogens (tertiary/aromatic N) is 6. The second kappa shape index (κ2) is 15.9. The van der Waals surface area contributed by atoms with Crippen molar-refractivity contribution in [3.05, 3.63) is 135 Å². The molecule has 57 heavy (non-hydrogen) atoms. The molecule has 0 bridgehead atoms. The molecule has 0 unspecified atom stereocenters. The Labute approximate surface area is 330 Å². The summed E-state index contributed by atoms with van der Waals surface area (Å²) < 4.78 is 62.0. The average Bonchev–Trinajstić information content (AvgIpc) is 3.37. The van der Waals surface area contributed by atoms with Crippen LogP contribution in [0.5, 0.6) is 17.2 Å². The number of alkyl halides is 3. The highest BCUT2D eigenvalue weighted by molar-refractivity contribution is 6.33. The molecule has 0 radical (unpaired) electrons. The molecule has 0 aliphatic carbocycles. The highest BCUT2D eigenvalue weighted by Gasteiger charge is 2.38. The van der Waals surface area contributed by atoms with Gasteiger partial charge in [0.15, 0.2) is 0 Å². The maximum atomic E-state index is 15.1. The lowest BCUT2D eigenvalue weighted by Gasteiger charge is -2.27. The Morgan fingerprint density at radius 3 is 2.23 bits per heavy atom. The summed E-state index contributed by atoms with van der Waals surface area (Å²) in [5.74, 6) is 2.38. The molecule has 3 aromatic carbocycles. The first-order chi connectivity index (χ1) is 27.3. The molecule has 294 valence electrons. The van der Waals surface area contributed by atoms with Gasteiger partial charge in [0, 0.05) is 38.1 Å². The van der Waals surface area contributed by atoms with Gasteiger partial charge in [0.25, 0.3) is 0 Å². The van der Waals surface area contributed by atoms with Crippen LogP contribution in [0.15, 0.2) is 96.6 Å². The van der Waals surface area contributed by atoms with Crippen LogP contribution in [0.3, 0.4) is 0 Å². The molecule has 2 N–H and O–H groups in total. The van der Waals surface area contributed by atoms with Crippen molar-refractivity contribution in [2.24, 2.45) is 4.99 Å². The van der Waals surface area contributed by atoms with Crippen molar-refractivity contribution in [1.82, 2.24) is 20.2 Å². The maximum absolute atomic E-state index is 15.1. The van der Waals surface area contributed by atoms with Crippen molar-refractivity contribution in [3.8, 4) is 28.5 Å². The van der Waals surface area contributed by atoms with Crippen molar-refractivity contribution in [2.75, 3.05) is 37.7 Å². The van der Waals surface area contributed by atoms with Crippen LogP contribution < -0.4 is 39.9 Å². The number of ether oxygens (including phenoxy) is 3. The minimum Gasteiger partial charge on any atom is -0.497 e. The minimum absolute atomic E-state index is 0.00278. The van der Waals surface area contributed by atoms with Crippen LogP contribution in [0.1, 0.15) is 27.8 Å². The van der Waals surface area contributed by atoms with Crippen molar-refractivity contribution < 1.29 is 37.3 Å². The van der Waals surface area contributed by atoms with Gasteiger partial charge in [-0.05, 0) is 71.6 Å². The van der Waals surface area contributed by atoms with Crippen molar-refractivity contribution in [3.63, 3.8) is 0 Å². The monoisotopic (exact) mass is 799 g/mol. The van der Waals surface area contributed by atoms with E-state index < -0.39 is 17.8 Å². The van der Waals surface area contributed by atoms with Gasteiger partial charge < -0.3 is 34.4 Å². The number of pyridine rings is 2. The number of benzene rings is 3. The third-order valence-electron chi connectivity index (χ3n) is 9.58. The van der Waals surface area contributed by atoms with Gasteiger partial charge in [0.2, 0.25) is 0 Å². The number of rotatable bonds is 11. The van der Waals surface area contributed by atoms with E-state index in [1.165, 1.54) is 38.6 Å². The Morgan fingerprint density at radius 2 is 1.63 bits per heavy atom. The highest BCUT2D eigenvalue weighted by atomic mass is 35.5. The van der Waals surface area contributed by atoms with Crippen LogP contribution in [0, 0.1) is 6.92 Å². The molecule has 2 aliphatic rings. The van der Waals surface area contributed by atoms with Gasteiger partial charge >= 0.3 is 12.3 Å². The lowest BCUT2D eigenvalue weighted by molar-refractivity contribution is -0.137. The number of aryl methyl sites for hydroxylation is 1. The van der Waals surface area contributed by atoms with E-state index in [0.717, 1.165) is 16.0 Å². The number of anilines is 2. The number of nitrogens with one attached hydrogen (secondary N) is 1. The molecule has 4 heterocycles. The van der Waals surface area contributed by atoms with Crippen LogP contribution in [0.4, 0.5) is 29.5 Å². The maximum Gasteiger partial charge on any atom is 0.418 e. The third-order valence-corrected chi connectivity index (χ3v) is 9.97. The molecule has 0 atom stereocenters. The Balaban J connectivity index is 1.35. The quantitative estimate of drug-likeness (QED) is 0.143. The average molecular weight is 800 g/mol. The summed E-state index contributed by atoms with van der Waals surface area (Å²) in [6, 6.07) is 19.5. The molecular formula is C41H37ClF3N7O5. The van der Waals surface area contributed by atoms with E-state index in [-0.39, 0.29) is 46.2 Å².